The molecule has 1 saturated heterocycles. The number of benzene rings is 1. The van der Waals surface area contributed by atoms with Crippen LogP contribution in [0.1, 0.15) is 31.2 Å². The third kappa shape index (κ3) is 3.13. The van der Waals surface area contributed by atoms with Gasteiger partial charge in [-0.15, -0.1) is 10.2 Å². The molecule has 0 spiro atoms. The molecule has 0 amide bonds. The van der Waals surface area contributed by atoms with Gasteiger partial charge in [-0.1, -0.05) is 30.7 Å². The van der Waals surface area contributed by atoms with E-state index in [4.69, 9.17) is 4.42 Å². The minimum absolute atomic E-state index is 0.274. The highest BCUT2D eigenvalue weighted by Crippen LogP contribution is 2.35. The van der Waals surface area contributed by atoms with E-state index < -0.39 is 16.1 Å². The molecule has 0 radical (unpaired) electrons. The van der Waals surface area contributed by atoms with Crippen molar-refractivity contribution in [2.45, 2.75) is 30.2 Å². The van der Waals surface area contributed by atoms with Crippen LogP contribution in [0, 0.1) is 0 Å². The van der Waals surface area contributed by atoms with Crippen molar-refractivity contribution in [3.05, 3.63) is 60.6 Å². The van der Waals surface area contributed by atoms with E-state index in [0.717, 1.165) is 12.8 Å². The fourth-order valence-corrected chi connectivity index (χ4v) is 4.80. The normalized spacial score (nSPS) is 18.7. The molecule has 0 bridgehead atoms. The molecule has 2 aromatic heterocycles. The third-order valence-electron chi connectivity index (χ3n) is 4.41. The number of rotatable bonds is 4. The van der Waals surface area contributed by atoms with E-state index >= 15 is 0 Å². The van der Waals surface area contributed by atoms with Gasteiger partial charge in [0.15, 0.2) is 0 Å². The first-order valence-electron chi connectivity index (χ1n) is 8.48. The Morgan fingerprint density at radius 3 is 2.58 bits per heavy atom. The molecule has 8 heteroatoms. The minimum Gasteiger partial charge on any atom is -0.417 e. The maximum absolute atomic E-state index is 13.1. The summed E-state index contributed by atoms with van der Waals surface area (Å²) in [5.41, 5.74) is 0.569. The third-order valence-corrected chi connectivity index (χ3v) is 6.34. The highest BCUT2D eigenvalue weighted by atomic mass is 32.2. The van der Waals surface area contributed by atoms with Gasteiger partial charge in [0.1, 0.15) is 11.7 Å². The Morgan fingerprint density at radius 2 is 1.81 bits per heavy atom. The molecule has 1 fully saturated rings. The molecule has 7 nitrogen and oxygen atoms in total. The SMILES string of the molecule is O=S(=O)(c1ccccc1)N1CCCC[C@@H]1c1nnc(-c2ccccn2)o1. The highest BCUT2D eigenvalue weighted by Gasteiger charge is 2.37. The van der Waals surface area contributed by atoms with Gasteiger partial charge in [0, 0.05) is 12.7 Å². The summed E-state index contributed by atoms with van der Waals surface area (Å²) in [6, 6.07) is 13.4. The van der Waals surface area contributed by atoms with Crippen LogP contribution in [0.2, 0.25) is 0 Å². The van der Waals surface area contributed by atoms with Crippen molar-refractivity contribution < 1.29 is 12.8 Å². The lowest BCUT2D eigenvalue weighted by molar-refractivity contribution is 0.220. The van der Waals surface area contributed by atoms with Crippen LogP contribution in [0.3, 0.4) is 0 Å². The maximum Gasteiger partial charge on any atom is 0.266 e. The lowest BCUT2D eigenvalue weighted by Gasteiger charge is -2.32. The summed E-state index contributed by atoms with van der Waals surface area (Å²) >= 11 is 0. The molecule has 0 saturated carbocycles. The first-order chi connectivity index (χ1) is 12.7. The number of pyridine rings is 1. The molecule has 1 aliphatic heterocycles. The molecular weight excluding hydrogens is 352 g/mol. The van der Waals surface area contributed by atoms with Crippen molar-refractivity contribution in [2.24, 2.45) is 0 Å². The number of hydrogen-bond donors (Lipinski definition) is 0. The molecule has 1 atom stereocenters. The van der Waals surface area contributed by atoms with Gasteiger partial charge in [0.05, 0.1) is 4.90 Å². The van der Waals surface area contributed by atoms with E-state index in [1.54, 1.807) is 48.7 Å². The zero-order valence-electron chi connectivity index (χ0n) is 14.0. The summed E-state index contributed by atoms with van der Waals surface area (Å²) in [6.07, 6.45) is 4.01. The first kappa shape index (κ1) is 16.9. The van der Waals surface area contributed by atoms with Gasteiger partial charge < -0.3 is 4.42 Å². The number of piperidine rings is 1. The average Bonchev–Trinajstić information content (AvgIpc) is 3.19. The summed E-state index contributed by atoms with van der Waals surface area (Å²) in [5, 5.41) is 8.16. The number of nitrogens with zero attached hydrogens (tertiary/aromatic N) is 4. The fraction of sp³-hybridized carbons (Fsp3) is 0.278. The Hall–Kier alpha value is -2.58. The minimum atomic E-state index is -3.62. The number of aromatic nitrogens is 3. The smallest absolute Gasteiger partial charge is 0.266 e. The molecule has 0 N–H and O–H groups in total. The topological polar surface area (TPSA) is 89.2 Å². The van der Waals surface area contributed by atoms with Crippen LogP contribution in [-0.2, 0) is 10.0 Å². The molecule has 0 aliphatic carbocycles. The lowest BCUT2D eigenvalue weighted by Crippen LogP contribution is -2.38. The summed E-state index contributed by atoms with van der Waals surface area (Å²) in [5.74, 6) is 0.605. The van der Waals surface area contributed by atoms with Gasteiger partial charge in [0.2, 0.25) is 15.9 Å². The van der Waals surface area contributed by atoms with E-state index in [-0.39, 0.29) is 4.90 Å². The zero-order valence-corrected chi connectivity index (χ0v) is 14.8. The van der Waals surface area contributed by atoms with E-state index in [0.29, 0.717) is 30.4 Å². The molecule has 3 aromatic rings. The number of sulfonamides is 1. The van der Waals surface area contributed by atoms with Crippen LogP contribution in [0.15, 0.2) is 64.0 Å². The van der Waals surface area contributed by atoms with Crippen LogP contribution in [0.4, 0.5) is 0 Å². The Bertz CT molecular complexity index is 974. The van der Waals surface area contributed by atoms with Gasteiger partial charge in [-0.05, 0) is 37.1 Å². The van der Waals surface area contributed by atoms with Crippen LogP contribution in [0.25, 0.3) is 11.6 Å². The lowest BCUT2D eigenvalue weighted by atomic mass is 10.1. The van der Waals surface area contributed by atoms with Gasteiger partial charge >= 0.3 is 0 Å². The second-order valence-corrected chi connectivity index (χ2v) is 7.99. The Morgan fingerprint density at radius 1 is 1.00 bits per heavy atom. The quantitative estimate of drug-likeness (QED) is 0.701. The molecule has 0 unspecified atom stereocenters. The highest BCUT2D eigenvalue weighted by molar-refractivity contribution is 7.89. The van der Waals surface area contributed by atoms with Crippen LogP contribution >= 0.6 is 0 Å². The van der Waals surface area contributed by atoms with E-state index in [9.17, 15) is 8.42 Å². The Labute approximate surface area is 151 Å². The second kappa shape index (κ2) is 6.97. The first-order valence-corrected chi connectivity index (χ1v) is 9.92. The van der Waals surface area contributed by atoms with Crippen LogP contribution in [-0.4, -0.2) is 34.4 Å². The second-order valence-electron chi connectivity index (χ2n) is 6.10. The molecule has 134 valence electrons. The number of hydrogen-bond acceptors (Lipinski definition) is 6. The summed E-state index contributed by atoms with van der Waals surface area (Å²) in [7, 11) is -3.62. The van der Waals surface area contributed by atoms with Gasteiger partial charge in [-0.3, -0.25) is 4.98 Å². The molecule has 4 rings (SSSR count). The fourth-order valence-electron chi connectivity index (χ4n) is 3.13. The summed E-state index contributed by atoms with van der Waals surface area (Å²) < 4.78 is 33.4. The molecule has 3 heterocycles. The van der Waals surface area contributed by atoms with Gasteiger partial charge in [0.25, 0.3) is 5.89 Å². The predicted molar refractivity (Wildman–Crippen MR) is 94.5 cm³/mol. The van der Waals surface area contributed by atoms with Gasteiger partial charge in [-0.2, -0.15) is 4.31 Å². The van der Waals surface area contributed by atoms with Crippen molar-refractivity contribution in [3.8, 4) is 11.6 Å². The van der Waals surface area contributed by atoms with Crippen molar-refractivity contribution in [1.82, 2.24) is 19.5 Å². The standard InChI is InChI=1S/C18H18N4O3S/c23-26(24,14-8-2-1-3-9-14)22-13-7-5-11-16(22)18-21-20-17(25-18)15-10-4-6-12-19-15/h1-4,6,8-10,12,16H,5,7,11,13H2/t16-/m1/s1. The molecular formula is C18H18N4O3S. The Kier molecular flexibility index (Phi) is 4.52. The molecule has 1 aliphatic rings. The zero-order chi connectivity index (χ0) is 18.0. The Balaban J connectivity index is 1.68. The van der Waals surface area contributed by atoms with E-state index in [1.807, 2.05) is 6.07 Å². The molecule has 1 aromatic carbocycles. The van der Waals surface area contributed by atoms with E-state index in [1.165, 1.54) is 4.31 Å². The van der Waals surface area contributed by atoms with Crippen LogP contribution < -0.4 is 0 Å². The summed E-state index contributed by atoms with van der Waals surface area (Å²) in [6.45, 7) is 0.434. The predicted octanol–water partition coefficient (Wildman–Crippen LogP) is 3.05. The van der Waals surface area contributed by atoms with E-state index in [2.05, 4.69) is 15.2 Å². The largest absolute Gasteiger partial charge is 0.417 e. The summed E-state index contributed by atoms with van der Waals surface area (Å²) in [4.78, 5) is 4.47. The monoisotopic (exact) mass is 370 g/mol. The van der Waals surface area contributed by atoms with Gasteiger partial charge in [-0.25, -0.2) is 8.42 Å². The average molecular weight is 370 g/mol. The van der Waals surface area contributed by atoms with Crippen molar-refractivity contribution in [2.75, 3.05) is 6.54 Å². The van der Waals surface area contributed by atoms with Crippen LogP contribution in [0.5, 0.6) is 0 Å². The van der Waals surface area contributed by atoms with Crippen molar-refractivity contribution in [3.63, 3.8) is 0 Å². The molecule has 26 heavy (non-hydrogen) atoms. The van der Waals surface area contributed by atoms with Crippen molar-refractivity contribution >= 4 is 10.0 Å². The van der Waals surface area contributed by atoms with Crippen molar-refractivity contribution in [1.29, 1.82) is 0 Å². The maximum atomic E-state index is 13.1.